The Morgan fingerprint density at radius 1 is 1.10 bits per heavy atom. The van der Waals surface area contributed by atoms with Crippen LogP contribution in [-0.2, 0) is 19.6 Å². The molecule has 4 rings (SSSR count). The minimum absolute atomic E-state index is 0.106. The summed E-state index contributed by atoms with van der Waals surface area (Å²) in [5.41, 5.74) is 1.27. The van der Waals surface area contributed by atoms with Crippen LogP contribution in [0.4, 0.5) is 5.69 Å². The van der Waals surface area contributed by atoms with E-state index in [4.69, 9.17) is 4.74 Å². The first-order valence-electron chi connectivity index (χ1n) is 9.87. The van der Waals surface area contributed by atoms with Crippen LogP contribution in [0.15, 0.2) is 47.4 Å². The molecule has 1 fully saturated rings. The first kappa shape index (κ1) is 21.1. The second-order valence-corrected chi connectivity index (χ2v) is 9.40. The molecule has 0 atom stereocenters. The molecule has 2 amide bonds. The number of phenols is 1. The van der Waals surface area contributed by atoms with E-state index >= 15 is 0 Å². The third-order valence-electron chi connectivity index (χ3n) is 5.43. The molecule has 0 radical (unpaired) electrons. The van der Waals surface area contributed by atoms with Crippen LogP contribution < -0.4 is 9.64 Å². The molecule has 0 aromatic heterocycles. The Kier molecular flexibility index (Phi) is 5.59. The Bertz CT molecular complexity index is 1130. The standard InChI is InChI=1S/C21H23N3O6S/c1-15-6-7-17(25)19(12-15)31(28,29)23-10-8-22(9-11-23)20(26)13-24-16-4-2-3-5-18(16)30-14-21(24)27/h2-7,12,25H,8-11,13-14H2,1H3. The molecule has 0 unspecified atom stereocenters. The van der Waals surface area contributed by atoms with E-state index in [2.05, 4.69) is 0 Å². The minimum Gasteiger partial charge on any atom is -0.507 e. The van der Waals surface area contributed by atoms with Gasteiger partial charge in [0.15, 0.2) is 6.61 Å². The van der Waals surface area contributed by atoms with Crippen molar-refractivity contribution in [3.05, 3.63) is 48.0 Å². The van der Waals surface area contributed by atoms with Crippen molar-refractivity contribution in [2.75, 3.05) is 44.2 Å². The van der Waals surface area contributed by atoms with E-state index in [1.807, 2.05) is 0 Å². The van der Waals surface area contributed by atoms with Crippen LogP contribution in [0.1, 0.15) is 5.56 Å². The van der Waals surface area contributed by atoms with Gasteiger partial charge in [-0.2, -0.15) is 4.31 Å². The Morgan fingerprint density at radius 3 is 2.55 bits per heavy atom. The lowest BCUT2D eigenvalue weighted by molar-refractivity contribution is -0.133. The van der Waals surface area contributed by atoms with Gasteiger partial charge in [0.2, 0.25) is 15.9 Å². The highest BCUT2D eigenvalue weighted by Crippen LogP contribution is 2.31. The van der Waals surface area contributed by atoms with Gasteiger partial charge >= 0.3 is 0 Å². The maximum atomic E-state index is 12.9. The number of nitrogens with zero attached hydrogens (tertiary/aromatic N) is 3. The van der Waals surface area contributed by atoms with Crippen LogP contribution in [0.2, 0.25) is 0 Å². The quantitative estimate of drug-likeness (QED) is 0.751. The predicted octanol–water partition coefficient (Wildman–Crippen LogP) is 0.959. The van der Waals surface area contributed by atoms with Gasteiger partial charge in [-0.25, -0.2) is 8.42 Å². The summed E-state index contributed by atoms with van der Waals surface area (Å²) in [6.45, 7) is 2.10. The number of phenolic OH excluding ortho intramolecular Hbond substituents is 1. The van der Waals surface area contributed by atoms with Crippen molar-refractivity contribution in [3.63, 3.8) is 0 Å². The highest BCUT2D eigenvalue weighted by molar-refractivity contribution is 7.89. The second-order valence-electron chi connectivity index (χ2n) is 7.49. The number of ether oxygens (including phenoxy) is 1. The Hall–Kier alpha value is -3.11. The summed E-state index contributed by atoms with van der Waals surface area (Å²) in [5, 5.41) is 10.0. The van der Waals surface area contributed by atoms with Crippen LogP contribution in [-0.4, -0.2) is 73.9 Å². The number of hydrogen-bond donors (Lipinski definition) is 1. The normalized spacial score (nSPS) is 17.3. The van der Waals surface area contributed by atoms with Crippen LogP contribution in [0, 0.1) is 6.92 Å². The molecule has 0 spiro atoms. The maximum absolute atomic E-state index is 12.9. The average Bonchev–Trinajstić information content (AvgIpc) is 2.77. The zero-order valence-corrected chi connectivity index (χ0v) is 17.8. The third-order valence-corrected chi connectivity index (χ3v) is 7.35. The average molecular weight is 445 g/mol. The number of para-hydroxylation sites is 2. The first-order valence-corrected chi connectivity index (χ1v) is 11.3. The Balaban J connectivity index is 1.43. The fraction of sp³-hybridized carbons (Fsp3) is 0.333. The largest absolute Gasteiger partial charge is 0.507 e. The van der Waals surface area contributed by atoms with Gasteiger partial charge in [-0.1, -0.05) is 18.2 Å². The summed E-state index contributed by atoms with van der Waals surface area (Å²) < 4.78 is 32.5. The molecular formula is C21H23N3O6S. The molecule has 2 heterocycles. The fourth-order valence-corrected chi connectivity index (χ4v) is 5.30. The van der Waals surface area contributed by atoms with Crippen molar-refractivity contribution in [2.45, 2.75) is 11.8 Å². The Morgan fingerprint density at radius 2 is 1.81 bits per heavy atom. The van der Waals surface area contributed by atoms with Crippen molar-refractivity contribution in [1.82, 2.24) is 9.21 Å². The van der Waals surface area contributed by atoms with Crippen molar-refractivity contribution < 1.29 is 27.9 Å². The van der Waals surface area contributed by atoms with Gasteiger partial charge < -0.3 is 14.7 Å². The summed E-state index contributed by atoms with van der Waals surface area (Å²) in [7, 11) is -3.88. The highest BCUT2D eigenvalue weighted by Gasteiger charge is 2.34. The lowest BCUT2D eigenvalue weighted by atomic mass is 10.2. The summed E-state index contributed by atoms with van der Waals surface area (Å²) in [6, 6.07) is 11.4. The van der Waals surface area contributed by atoms with E-state index in [0.29, 0.717) is 11.4 Å². The second kappa shape index (κ2) is 8.20. The molecule has 10 heteroatoms. The molecule has 2 aromatic rings. The number of piperazine rings is 1. The summed E-state index contributed by atoms with van der Waals surface area (Å²) in [6.07, 6.45) is 0. The van der Waals surface area contributed by atoms with Gasteiger partial charge in [-0.05, 0) is 36.8 Å². The molecule has 0 saturated carbocycles. The van der Waals surface area contributed by atoms with Gasteiger partial charge in [-0.15, -0.1) is 0 Å². The van der Waals surface area contributed by atoms with Crippen LogP contribution in [0.3, 0.4) is 0 Å². The molecule has 2 aliphatic heterocycles. The molecule has 2 aromatic carbocycles. The molecule has 1 N–H and O–H groups in total. The minimum atomic E-state index is -3.88. The number of aromatic hydroxyl groups is 1. The van der Waals surface area contributed by atoms with Crippen molar-refractivity contribution >= 4 is 27.5 Å². The number of amides is 2. The van der Waals surface area contributed by atoms with Gasteiger partial charge in [0.1, 0.15) is 22.9 Å². The number of rotatable bonds is 4. The van der Waals surface area contributed by atoms with E-state index < -0.39 is 10.0 Å². The number of carbonyl (C=O) groups excluding carboxylic acids is 2. The molecular weight excluding hydrogens is 422 g/mol. The molecule has 0 aliphatic carbocycles. The summed E-state index contributed by atoms with van der Waals surface area (Å²) in [5.74, 6) is -0.318. The number of anilines is 1. The number of benzene rings is 2. The van der Waals surface area contributed by atoms with E-state index in [0.717, 1.165) is 5.56 Å². The summed E-state index contributed by atoms with van der Waals surface area (Å²) >= 11 is 0. The topological polar surface area (TPSA) is 107 Å². The van der Waals surface area contributed by atoms with Crippen molar-refractivity contribution in [2.24, 2.45) is 0 Å². The molecule has 2 aliphatic rings. The number of sulfonamides is 1. The third kappa shape index (κ3) is 4.08. The van der Waals surface area contributed by atoms with Crippen molar-refractivity contribution in [1.29, 1.82) is 0 Å². The van der Waals surface area contributed by atoms with Crippen LogP contribution in [0.5, 0.6) is 11.5 Å². The van der Waals surface area contributed by atoms with E-state index in [1.54, 1.807) is 42.2 Å². The highest BCUT2D eigenvalue weighted by atomic mass is 32.2. The SMILES string of the molecule is Cc1ccc(O)c(S(=O)(=O)N2CCN(C(=O)CN3C(=O)COc4ccccc43)CC2)c1. The zero-order valence-electron chi connectivity index (χ0n) is 17.0. The molecule has 0 bridgehead atoms. The van der Waals surface area contributed by atoms with Gasteiger partial charge in [-0.3, -0.25) is 14.5 Å². The molecule has 1 saturated heterocycles. The molecule has 164 valence electrons. The van der Waals surface area contributed by atoms with Crippen LogP contribution in [0.25, 0.3) is 0 Å². The first-order chi connectivity index (χ1) is 14.8. The number of fused-ring (bicyclic) bond motifs is 1. The van der Waals surface area contributed by atoms with E-state index in [9.17, 15) is 23.1 Å². The van der Waals surface area contributed by atoms with Gasteiger partial charge in [0.05, 0.1) is 5.69 Å². The zero-order chi connectivity index (χ0) is 22.2. The maximum Gasteiger partial charge on any atom is 0.265 e. The molecule has 9 nitrogen and oxygen atoms in total. The predicted molar refractivity (Wildman–Crippen MR) is 112 cm³/mol. The molecule has 31 heavy (non-hydrogen) atoms. The van der Waals surface area contributed by atoms with E-state index in [-0.39, 0.29) is 61.8 Å². The number of hydrogen-bond acceptors (Lipinski definition) is 6. The monoisotopic (exact) mass is 445 g/mol. The Labute approximate surface area is 180 Å². The summed E-state index contributed by atoms with van der Waals surface area (Å²) in [4.78, 5) is 27.9. The lowest BCUT2D eigenvalue weighted by Crippen LogP contribution is -2.53. The number of aryl methyl sites for hydroxylation is 1. The smallest absolute Gasteiger partial charge is 0.265 e. The lowest BCUT2D eigenvalue weighted by Gasteiger charge is -2.36. The number of carbonyl (C=O) groups is 2. The van der Waals surface area contributed by atoms with E-state index in [1.165, 1.54) is 21.3 Å². The van der Waals surface area contributed by atoms with Gasteiger partial charge in [0, 0.05) is 26.2 Å². The van der Waals surface area contributed by atoms with Crippen LogP contribution >= 0.6 is 0 Å². The fourth-order valence-electron chi connectivity index (χ4n) is 3.71. The van der Waals surface area contributed by atoms with Crippen molar-refractivity contribution in [3.8, 4) is 11.5 Å². The van der Waals surface area contributed by atoms with Gasteiger partial charge in [0.25, 0.3) is 5.91 Å².